The number of urea groups is 1. The van der Waals surface area contributed by atoms with Gasteiger partial charge in [0.25, 0.3) is 0 Å². The van der Waals surface area contributed by atoms with Gasteiger partial charge >= 0.3 is 6.03 Å². The molecule has 1 saturated heterocycles. The van der Waals surface area contributed by atoms with Crippen molar-refractivity contribution in [2.45, 2.75) is 63.6 Å². The smallest absolute Gasteiger partial charge is 0.323 e. The molecular weight excluding hydrogens is 571 g/mol. The number of carbonyl (C=O) groups is 2. The quantitative estimate of drug-likeness (QED) is 0.251. The summed E-state index contributed by atoms with van der Waals surface area (Å²) in [6.45, 7) is 4.90. The highest BCUT2D eigenvalue weighted by Crippen LogP contribution is 2.42. The zero-order chi connectivity index (χ0) is 30.6. The van der Waals surface area contributed by atoms with E-state index in [2.05, 4.69) is 38.9 Å². The maximum atomic E-state index is 15.3. The minimum Gasteiger partial charge on any atom is -0.380 e. The molecule has 11 heteroatoms. The van der Waals surface area contributed by atoms with Gasteiger partial charge in [0.15, 0.2) is 0 Å². The van der Waals surface area contributed by atoms with Crippen molar-refractivity contribution >= 4 is 35.0 Å². The number of hydrogen-bond donors (Lipinski definition) is 3. The lowest BCUT2D eigenvalue weighted by Crippen LogP contribution is -2.45. The molecule has 0 spiro atoms. The first-order valence-corrected chi connectivity index (χ1v) is 15.1. The maximum Gasteiger partial charge on any atom is 0.323 e. The molecule has 1 aliphatic heterocycles. The molecule has 3 aromatic rings. The van der Waals surface area contributed by atoms with Gasteiger partial charge in [0.05, 0.1) is 22.4 Å². The third-order valence-corrected chi connectivity index (χ3v) is 8.56. The number of nitrogens with one attached hydrogen (secondary N) is 3. The molecule has 1 unspecified atom stereocenters. The van der Waals surface area contributed by atoms with E-state index in [1.807, 2.05) is 13.0 Å². The lowest BCUT2D eigenvalue weighted by atomic mass is 9.78. The number of benzene rings is 1. The van der Waals surface area contributed by atoms with Crippen LogP contribution in [0.1, 0.15) is 55.8 Å². The van der Waals surface area contributed by atoms with Gasteiger partial charge in [-0.3, -0.25) is 15.1 Å². The Balaban J connectivity index is 1.42. The number of hydrogen-bond acceptors (Lipinski definition) is 6. The van der Waals surface area contributed by atoms with E-state index >= 15 is 4.39 Å². The number of rotatable bonds is 11. The van der Waals surface area contributed by atoms with E-state index in [9.17, 15) is 9.59 Å². The Bertz CT molecular complexity index is 1450. The molecule has 2 fully saturated rings. The second-order valence-electron chi connectivity index (χ2n) is 11.3. The van der Waals surface area contributed by atoms with Crippen LogP contribution in [-0.2, 0) is 15.1 Å². The first-order valence-electron chi connectivity index (χ1n) is 14.7. The van der Waals surface area contributed by atoms with Gasteiger partial charge in [0.2, 0.25) is 5.91 Å². The van der Waals surface area contributed by atoms with E-state index in [1.165, 1.54) is 37.1 Å². The molecule has 0 bridgehead atoms. The fourth-order valence-electron chi connectivity index (χ4n) is 5.86. The van der Waals surface area contributed by atoms with Crippen LogP contribution in [-0.4, -0.2) is 59.2 Å². The summed E-state index contributed by atoms with van der Waals surface area (Å²) in [5.41, 5.74) is 2.25. The molecule has 1 saturated carbocycles. The summed E-state index contributed by atoms with van der Waals surface area (Å²) in [5.74, 6) is -0.0674. The van der Waals surface area contributed by atoms with Gasteiger partial charge in [-0.15, -0.1) is 0 Å². The zero-order valence-corrected chi connectivity index (χ0v) is 25.5. The molecule has 3 atom stereocenters. The van der Waals surface area contributed by atoms with Crippen LogP contribution >= 0.6 is 11.6 Å². The predicted molar refractivity (Wildman–Crippen MR) is 165 cm³/mol. The number of halogens is 2. The van der Waals surface area contributed by atoms with Gasteiger partial charge in [-0.1, -0.05) is 37.4 Å². The summed E-state index contributed by atoms with van der Waals surface area (Å²) in [6.07, 6.45) is 7.43. The lowest BCUT2D eigenvalue weighted by molar-refractivity contribution is -0.119. The number of ether oxygens (including phenoxy) is 1. The summed E-state index contributed by atoms with van der Waals surface area (Å²) in [6, 6.07) is 10.7. The topological polar surface area (TPSA) is 108 Å². The van der Waals surface area contributed by atoms with Crippen LogP contribution in [0.3, 0.4) is 0 Å². The van der Waals surface area contributed by atoms with Crippen molar-refractivity contribution in [2.24, 2.45) is 5.92 Å². The van der Waals surface area contributed by atoms with Crippen LogP contribution in [0.15, 0.2) is 54.9 Å². The Morgan fingerprint density at radius 2 is 1.91 bits per heavy atom. The first-order chi connectivity index (χ1) is 20.7. The van der Waals surface area contributed by atoms with Crippen molar-refractivity contribution < 1.29 is 18.7 Å². The predicted octanol–water partition coefficient (Wildman–Crippen LogP) is 5.88. The number of amides is 3. The largest absolute Gasteiger partial charge is 0.380 e. The number of pyridine rings is 2. The number of likely N-dealkylation sites (tertiary alicyclic amines) is 1. The molecule has 3 N–H and O–H groups in total. The fourth-order valence-corrected chi connectivity index (χ4v) is 5.97. The van der Waals surface area contributed by atoms with Crippen LogP contribution in [0, 0.1) is 18.7 Å². The van der Waals surface area contributed by atoms with Crippen LogP contribution in [0.4, 0.5) is 20.7 Å². The SMILES string of the molecule is CCNC(CCC1CC1)(c1ccnc(C)c1)c1ccc(F)c(NC(=O)[C@H]2C[C@@H](OC)CN2C(=O)Nc2ccc(Cl)cn2)c1. The van der Waals surface area contributed by atoms with Crippen LogP contribution in [0.5, 0.6) is 0 Å². The third-order valence-electron chi connectivity index (χ3n) is 8.33. The molecule has 5 rings (SSSR count). The van der Waals surface area contributed by atoms with E-state index in [-0.39, 0.29) is 24.8 Å². The highest BCUT2D eigenvalue weighted by molar-refractivity contribution is 6.30. The molecule has 9 nitrogen and oxygen atoms in total. The van der Waals surface area contributed by atoms with E-state index in [1.54, 1.807) is 30.5 Å². The Kier molecular flexibility index (Phi) is 9.59. The number of aryl methyl sites for hydroxylation is 1. The number of aromatic nitrogens is 2. The monoisotopic (exact) mass is 608 g/mol. The number of methoxy groups -OCH3 is 1. The molecule has 3 heterocycles. The normalized spacial score (nSPS) is 19.6. The average Bonchev–Trinajstić information content (AvgIpc) is 3.73. The third kappa shape index (κ3) is 7.14. The summed E-state index contributed by atoms with van der Waals surface area (Å²) in [7, 11) is 1.54. The molecule has 0 radical (unpaired) electrons. The van der Waals surface area contributed by atoms with Gasteiger partial charge in [0, 0.05) is 38.2 Å². The van der Waals surface area contributed by atoms with Gasteiger partial charge in [0.1, 0.15) is 17.7 Å². The number of carbonyl (C=O) groups excluding carboxylic acids is 2. The standard InChI is InChI=1S/C32H38ClFN6O3/c1-4-37-32(13-11-21-5-6-21,23-12-14-35-20(2)15-23)22-7-9-26(34)27(16-22)38-30(41)28-17-25(43-3)19-40(28)31(42)39-29-10-8-24(33)18-36-29/h7-10,12,14-16,18,21,25,28,37H,4-6,11,13,17,19H2,1-3H3,(H,38,41)(H,36,39,42)/t25-,28-,32?/m1/s1. The summed E-state index contributed by atoms with van der Waals surface area (Å²) in [5, 5.41) is 9.62. The van der Waals surface area contributed by atoms with E-state index in [0.717, 1.165) is 29.7 Å². The highest BCUT2D eigenvalue weighted by Gasteiger charge is 2.41. The molecule has 2 aromatic heterocycles. The van der Waals surface area contributed by atoms with Crippen molar-refractivity contribution in [3.8, 4) is 0 Å². The van der Waals surface area contributed by atoms with Crippen molar-refractivity contribution in [1.82, 2.24) is 20.2 Å². The van der Waals surface area contributed by atoms with Gasteiger partial charge in [-0.2, -0.15) is 0 Å². The van der Waals surface area contributed by atoms with E-state index < -0.39 is 29.3 Å². The van der Waals surface area contributed by atoms with Gasteiger partial charge in [-0.25, -0.2) is 14.2 Å². The maximum absolute atomic E-state index is 15.3. The number of anilines is 2. The zero-order valence-electron chi connectivity index (χ0n) is 24.7. The van der Waals surface area contributed by atoms with E-state index in [0.29, 0.717) is 23.3 Å². The van der Waals surface area contributed by atoms with Crippen molar-refractivity contribution in [1.29, 1.82) is 0 Å². The fraction of sp³-hybridized carbons (Fsp3) is 0.438. The van der Waals surface area contributed by atoms with Crippen molar-refractivity contribution in [3.63, 3.8) is 0 Å². The summed E-state index contributed by atoms with van der Waals surface area (Å²) < 4.78 is 20.8. The minimum absolute atomic E-state index is 0.0579. The second-order valence-corrected chi connectivity index (χ2v) is 11.8. The molecule has 1 aliphatic carbocycles. The minimum atomic E-state index is -0.878. The second kappa shape index (κ2) is 13.4. The van der Waals surface area contributed by atoms with Crippen molar-refractivity contribution in [3.05, 3.63) is 82.5 Å². The molecule has 43 heavy (non-hydrogen) atoms. The van der Waals surface area contributed by atoms with Gasteiger partial charge in [-0.05, 0) is 79.8 Å². The van der Waals surface area contributed by atoms with Crippen molar-refractivity contribution in [2.75, 3.05) is 30.8 Å². The average molecular weight is 609 g/mol. The molecule has 228 valence electrons. The molecular formula is C32H38ClFN6O3. The van der Waals surface area contributed by atoms with E-state index in [4.69, 9.17) is 16.3 Å². The molecule has 1 aromatic carbocycles. The lowest BCUT2D eigenvalue weighted by Gasteiger charge is -2.37. The first kappa shape index (κ1) is 30.8. The molecule has 2 aliphatic rings. The summed E-state index contributed by atoms with van der Waals surface area (Å²) in [4.78, 5) is 36.7. The Labute approximate surface area is 256 Å². The number of nitrogens with zero attached hydrogens (tertiary/aromatic N) is 3. The highest BCUT2D eigenvalue weighted by atomic mass is 35.5. The Morgan fingerprint density at radius 3 is 2.58 bits per heavy atom. The Hall–Kier alpha value is -3.60. The summed E-state index contributed by atoms with van der Waals surface area (Å²) >= 11 is 5.91. The van der Waals surface area contributed by atoms with Gasteiger partial charge < -0.3 is 20.3 Å². The van der Waals surface area contributed by atoms with Crippen LogP contribution in [0.25, 0.3) is 0 Å². The Morgan fingerprint density at radius 1 is 1.12 bits per heavy atom. The van der Waals surface area contributed by atoms with Crippen LogP contribution in [0.2, 0.25) is 5.02 Å². The molecule has 3 amide bonds. The van der Waals surface area contributed by atoms with Crippen LogP contribution < -0.4 is 16.0 Å².